The summed E-state index contributed by atoms with van der Waals surface area (Å²) in [6.07, 6.45) is 2.30. The molecule has 0 radical (unpaired) electrons. The summed E-state index contributed by atoms with van der Waals surface area (Å²) in [4.78, 5) is 41.0. The molecule has 0 spiro atoms. The zero-order valence-electron chi connectivity index (χ0n) is 20.4. The van der Waals surface area contributed by atoms with E-state index in [-0.39, 0.29) is 24.2 Å². The van der Waals surface area contributed by atoms with E-state index in [9.17, 15) is 18.8 Å². The molecule has 5 rings (SSSR count). The summed E-state index contributed by atoms with van der Waals surface area (Å²) >= 11 is 0. The Labute approximate surface area is 205 Å². The van der Waals surface area contributed by atoms with Crippen LogP contribution in [0.3, 0.4) is 0 Å². The van der Waals surface area contributed by atoms with Crippen LogP contribution in [0.15, 0.2) is 36.4 Å². The number of likely N-dealkylation sites (tertiary alicyclic amines) is 1. The largest absolute Gasteiger partial charge is 0.322 e. The van der Waals surface area contributed by atoms with Gasteiger partial charge < -0.3 is 4.90 Å². The Morgan fingerprint density at radius 1 is 1.03 bits per heavy atom. The lowest BCUT2D eigenvalue weighted by molar-refractivity contribution is -0.136. The van der Waals surface area contributed by atoms with E-state index in [1.807, 2.05) is 0 Å². The summed E-state index contributed by atoms with van der Waals surface area (Å²) in [6.45, 7) is 7.40. The van der Waals surface area contributed by atoms with Crippen LogP contribution in [0.25, 0.3) is 0 Å². The Bertz CT molecular complexity index is 1150. The molecule has 7 heteroatoms. The van der Waals surface area contributed by atoms with Gasteiger partial charge in [-0.3, -0.25) is 24.6 Å². The highest BCUT2D eigenvalue weighted by Gasteiger charge is 2.41. The van der Waals surface area contributed by atoms with Gasteiger partial charge in [0.05, 0.1) is 0 Å². The first-order valence-electron chi connectivity index (χ1n) is 12.6. The fraction of sp³-hybridized carbons (Fsp3) is 0.464. The second-order valence-electron chi connectivity index (χ2n) is 10.4. The molecular weight excluding hydrogens is 445 g/mol. The molecule has 2 fully saturated rings. The number of imide groups is 1. The third-order valence-corrected chi connectivity index (χ3v) is 7.74. The molecule has 3 aliphatic heterocycles. The Balaban J connectivity index is 1.28. The van der Waals surface area contributed by atoms with Crippen molar-refractivity contribution in [3.63, 3.8) is 0 Å². The highest BCUT2D eigenvalue weighted by atomic mass is 19.1. The van der Waals surface area contributed by atoms with Gasteiger partial charge in [-0.15, -0.1) is 0 Å². The van der Waals surface area contributed by atoms with Crippen molar-refractivity contribution in [3.8, 4) is 0 Å². The standard InChI is InChI=1S/C28H32FN3O3/c1-17(2)19-5-3-18(4-6-19)15-31-11-9-20(10-12-31)22-13-21(29)14-23-24(22)16-32(28(23)35)25-7-8-26(33)30-27(25)34/h3-6,13-14,17,20,25H,7-12,15-16H2,1-2H3,(H,30,33,34). The summed E-state index contributed by atoms with van der Waals surface area (Å²) in [5, 5.41) is 2.32. The normalized spacial score (nSPS) is 21.5. The summed E-state index contributed by atoms with van der Waals surface area (Å²) < 4.78 is 14.6. The van der Waals surface area contributed by atoms with Crippen LogP contribution in [0, 0.1) is 5.82 Å². The minimum atomic E-state index is -0.688. The number of nitrogens with zero attached hydrogens (tertiary/aromatic N) is 2. The minimum absolute atomic E-state index is 0.175. The van der Waals surface area contributed by atoms with Gasteiger partial charge in [-0.2, -0.15) is 0 Å². The Kier molecular flexibility index (Phi) is 6.45. The van der Waals surface area contributed by atoms with E-state index in [1.54, 1.807) is 6.07 Å². The van der Waals surface area contributed by atoms with Crippen molar-refractivity contribution in [2.45, 2.75) is 70.5 Å². The van der Waals surface area contributed by atoms with Gasteiger partial charge in [0.2, 0.25) is 11.8 Å². The maximum absolute atomic E-state index is 14.6. The fourth-order valence-electron chi connectivity index (χ4n) is 5.69. The predicted octanol–water partition coefficient (Wildman–Crippen LogP) is 4.09. The molecule has 2 aromatic carbocycles. The van der Waals surface area contributed by atoms with Crippen LogP contribution in [0.5, 0.6) is 0 Å². The van der Waals surface area contributed by atoms with Crippen molar-refractivity contribution in [2.75, 3.05) is 13.1 Å². The maximum atomic E-state index is 14.6. The number of halogens is 1. The Morgan fingerprint density at radius 2 is 1.74 bits per heavy atom. The molecule has 1 unspecified atom stereocenters. The molecule has 3 aliphatic rings. The number of carbonyl (C=O) groups is 3. The lowest BCUT2D eigenvalue weighted by Gasteiger charge is -2.33. The molecule has 35 heavy (non-hydrogen) atoms. The van der Waals surface area contributed by atoms with E-state index in [1.165, 1.54) is 22.1 Å². The topological polar surface area (TPSA) is 69.7 Å². The predicted molar refractivity (Wildman–Crippen MR) is 130 cm³/mol. The smallest absolute Gasteiger partial charge is 0.255 e. The lowest BCUT2D eigenvalue weighted by atomic mass is 9.85. The van der Waals surface area contributed by atoms with Gasteiger partial charge >= 0.3 is 0 Å². The van der Waals surface area contributed by atoms with Crippen LogP contribution in [0.1, 0.15) is 84.0 Å². The fourth-order valence-corrected chi connectivity index (χ4v) is 5.69. The van der Waals surface area contributed by atoms with Crippen molar-refractivity contribution in [2.24, 2.45) is 0 Å². The first-order chi connectivity index (χ1) is 16.8. The monoisotopic (exact) mass is 477 g/mol. The van der Waals surface area contributed by atoms with E-state index in [2.05, 4.69) is 48.3 Å². The average molecular weight is 478 g/mol. The Hall–Kier alpha value is -3.06. The molecule has 0 saturated carbocycles. The molecule has 0 aliphatic carbocycles. The summed E-state index contributed by atoms with van der Waals surface area (Å²) in [6, 6.07) is 11.0. The van der Waals surface area contributed by atoms with E-state index in [0.717, 1.165) is 43.6 Å². The molecule has 184 valence electrons. The number of benzene rings is 2. The zero-order chi connectivity index (χ0) is 24.7. The minimum Gasteiger partial charge on any atom is -0.322 e. The van der Waals surface area contributed by atoms with Gasteiger partial charge in [0.1, 0.15) is 11.9 Å². The van der Waals surface area contributed by atoms with Gasteiger partial charge in [0.25, 0.3) is 5.91 Å². The molecule has 6 nitrogen and oxygen atoms in total. The molecule has 2 aromatic rings. The van der Waals surface area contributed by atoms with Crippen molar-refractivity contribution in [1.82, 2.24) is 15.1 Å². The van der Waals surface area contributed by atoms with E-state index in [4.69, 9.17) is 0 Å². The quantitative estimate of drug-likeness (QED) is 0.659. The number of fused-ring (bicyclic) bond motifs is 1. The van der Waals surface area contributed by atoms with Crippen molar-refractivity contribution >= 4 is 17.7 Å². The van der Waals surface area contributed by atoms with Gasteiger partial charge in [0.15, 0.2) is 0 Å². The number of rotatable bonds is 5. The van der Waals surface area contributed by atoms with Gasteiger partial charge in [0, 0.05) is 25.1 Å². The van der Waals surface area contributed by atoms with Gasteiger partial charge in [-0.05, 0) is 78.6 Å². The van der Waals surface area contributed by atoms with Gasteiger partial charge in [-0.1, -0.05) is 38.1 Å². The average Bonchev–Trinajstić information content (AvgIpc) is 3.15. The molecule has 3 heterocycles. The summed E-state index contributed by atoms with van der Waals surface area (Å²) in [7, 11) is 0. The second-order valence-corrected chi connectivity index (χ2v) is 10.4. The summed E-state index contributed by atoms with van der Waals surface area (Å²) in [5.74, 6) is -0.800. The molecule has 3 amide bonds. The van der Waals surface area contributed by atoms with Crippen LogP contribution in [0.4, 0.5) is 4.39 Å². The van der Waals surface area contributed by atoms with Crippen LogP contribution < -0.4 is 5.32 Å². The highest BCUT2D eigenvalue weighted by molar-refractivity contribution is 6.05. The van der Waals surface area contributed by atoms with Crippen LogP contribution in [-0.4, -0.2) is 46.7 Å². The third-order valence-electron chi connectivity index (χ3n) is 7.74. The second kappa shape index (κ2) is 9.53. The van der Waals surface area contributed by atoms with E-state index >= 15 is 0 Å². The molecule has 0 bridgehead atoms. The highest BCUT2D eigenvalue weighted by Crippen LogP contribution is 2.38. The van der Waals surface area contributed by atoms with E-state index in [0.29, 0.717) is 24.4 Å². The van der Waals surface area contributed by atoms with Crippen LogP contribution in [0.2, 0.25) is 0 Å². The van der Waals surface area contributed by atoms with Crippen molar-refractivity contribution in [3.05, 3.63) is 70.0 Å². The first kappa shape index (κ1) is 23.7. The number of piperidine rings is 2. The molecule has 1 N–H and O–H groups in total. The number of amides is 3. The number of carbonyl (C=O) groups excluding carboxylic acids is 3. The molecule has 2 saturated heterocycles. The number of hydrogen-bond acceptors (Lipinski definition) is 4. The molecular formula is C28H32FN3O3. The summed E-state index contributed by atoms with van der Waals surface area (Å²) in [5.41, 5.74) is 4.73. The van der Waals surface area contributed by atoms with E-state index < -0.39 is 17.8 Å². The SMILES string of the molecule is CC(C)c1ccc(CN2CCC(c3cc(F)cc4c3CN(C3CCC(=O)NC3=O)C4=O)CC2)cc1. The van der Waals surface area contributed by atoms with Crippen molar-refractivity contribution < 1.29 is 18.8 Å². The Morgan fingerprint density at radius 3 is 2.40 bits per heavy atom. The number of nitrogens with one attached hydrogen (secondary N) is 1. The number of hydrogen-bond donors (Lipinski definition) is 1. The molecule has 1 atom stereocenters. The van der Waals surface area contributed by atoms with Gasteiger partial charge in [-0.25, -0.2) is 4.39 Å². The third kappa shape index (κ3) is 4.74. The van der Waals surface area contributed by atoms with Crippen LogP contribution >= 0.6 is 0 Å². The molecule has 0 aromatic heterocycles. The lowest BCUT2D eigenvalue weighted by Crippen LogP contribution is -2.52. The maximum Gasteiger partial charge on any atom is 0.255 e. The van der Waals surface area contributed by atoms with Crippen LogP contribution in [-0.2, 0) is 22.7 Å². The van der Waals surface area contributed by atoms with Crippen molar-refractivity contribution in [1.29, 1.82) is 0 Å². The first-order valence-corrected chi connectivity index (χ1v) is 12.6. The zero-order valence-corrected chi connectivity index (χ0v) is 20.4.